The summed E-state index contributed by atoms with van der Waals surface area (Å²) in [7, 11) is 1.33. The molecule has 1 saturated heterocycles. The molecule has 1 aromatic carbocycles. The molecule has 1 amide bonds. The number of pyridine rings is 1. The first-order valence-corrected chi connectivity index (χ1v) is 9.97. The lowest BCUT2D eigenvalue weighted by Crippen LogP contribution is -2.48. The molecule has 0 radical (unpaired) electrons. The highest BCUT2D eigenvalue weighted by Gasteiger charge is 2.21. The Labute approximate surface area is 175 Å². The molecule has 2 aromatic heterocycles. The molecule has 0 bridgehead atoms. The van der Waals surface area contributed by atoms with Gasteiger partial charge in [0.15, 0.2) is 0 Å². The number of carbonyl (C=O) groups excluding carboxylic acids is 2. The fraction of sp³-hybridized carbons (Fsp3) is 0.318. The zero-order chi connectivity index (χ0) is 20.9. The number of para-hydroxylation sites is 1. The molecule has 0 spiro atoms. The lowest BCUT2D eigenvalue weighted by molar-refractivity contribution is -0.117. The highest BCUT2D eigenvalue weighted by atomic mass is 16.5. The van der Waals surface area contributed by atoms with Gasteiger partial charge in [-0.25, -0.2) is 9.78 Å². The minimum atomic E-state index is -0.466. The van der Waals surface area contributed by atoms with E-state index in [-0.39, 0.29) is 12.5 Å². The van der Waals surface area contributed by atoms with Crippen LogP contribution in [0.3, 0.4) is 0 Å². The number of anilines is 1. The molecule has 0 aliphatic carbocycles. The number of rotatable bonds is 6. The van der Waals surface area contributed by atoms with E-state index < -0.39 is 5.97 Å². The summed E-state index contributed by atoms with van der Waals surface area (Å²) in [5, 5.41) is 2.83. The second-order valence-corrected chi connectivity index (χ2v) is 7.34. The van der Waals surface area contributed by atoms with Gasteiger partial charge in [0.1, 0.15) is 5.65 Å². The van der Waals surface area contributed by atoms with Gasteiger partial charge < -0.3 is 14.5 Å². The maximum atomic E-state index is 12.5. The van der Waals surface area contributed by atoms with E-state index in [9.17, 15) is 9.59 Å². The quantitative estimate of drug-likeness (QED) is 0.629. The van der Waals surface area contributed by atoms with Crippen molar-refractivity contribution in [3.05, 3.63) is 66.1 Å². The minimum Gasteiger partial charge on any atom is -0.465 e. The van der Waals surface area contributed by atoms with Crippen molar-refractivity contribution in [3.63, 3.8) is 0 Å². The average Bonchev–Trinajstić information content (AvgIpc) is 3.17. The number of hydrogen-bond acceptors (Lipinski definition) is 6. The molecule has 1 aliphatic rings. The number of benzene rings is 1. The van der Waals surface area contributed by atoms with Gasteiger partial charge in [0.05, 0.1) is 30.6 Å². The van der Waals surface area contributed by atoms with Crippen LogP contribution >= 0.6 is 0 Å². The van der Waals surface area contributed by atoms with E-state index in [0.717, 1.165) is 44.1 Å². The summed E-state index contributed by atoms with van der Waals surface area (Å²) < 4.78 is 6.81. The summed E-state index contributed by atoms with van der Waals surface area (Å²) in [6.45, 7) is 4.45. The number of nitrogens with zero attached hydrogens (tertiary/aromatic N) is 4. The van der Waals surface area contributed by atoms with Crippen molar-refractivity contribution in [1.82, 2.24) is 19.2 Å². The summed E-state index contributed by atoms with van der Waals surface area (Å²) >= 11 is 0. The topological polar surface area (TPSA) is 79.2 Å². The van der Waals surface area contributed by atoms with Crippen molar-refractivity contribution < 1.29 is 14.3 Å². The van der Waals surface area contributed by atoms with Crippen LogP contribution in [0.5, 0.6) is 0 Å². The van der Waals surface area contributed by atoms with E-state index in [1.54, 1.807) is 24.3 Å². The second-order valence-electron chi connectivity index (χ2n) is 7.34. The number of ether oxygens (including phenoxy) is 1. The van der Waals surface area contributed by atoms with E-state index in [1.165, 1.54) is 7.11 Å². The van der Waals surface area contributed by atoms with Gasteiger partial charge in [-0.3, -0.25) is 14.6 Å². The van der Waals surface area contributed by atoms with Crippen LogP contribution in [0.25, 0.3) is 5.65 Å². The van der Waals surface area contributed by atoms with Gasteiger partial charge in [-0.1, -0.05) is 18.2 Å². The van der Waals surface area contributed by atoms with E-state index in [2.05, 4.69) is 26.3 Å². The molecule has 3 aromatic rings. The molecule has 3 heterocycles. The molecular weight excluding hydrogens is 382 g/mol. The zero-order valence-corrected chi connectivity index (χ0v) is 17.0. The third-order valence-electron chi connectivity index (χ3n) is 5.24. The summed E-state index contributed by atoms with van der Waals surface area (Å²) in [4.78, 5) is 33.5. The molecule has 4 rings (SSSR count). The predicted molar refractivity (Wildman–Crippen MR) is 113 cm³/mol. The Morgan fingerprint density at radius 3 is 2.53 bits per heavy atom. The predicted octanol–water partition coefficient (Wildman–Crippen LogP) is 1.88. The van der Waals surface area contributed by atoms with Gasteiger partial charge in [0, 0.05) is 45.1 Å². The van der Waals surface area contributed by atoms with Crippen molar-refractivity contribution >= 4 is 23.2 Å². The van der Waals surface area contributed by atoms with Crippen LogP contribution in [-0.4, -0.2) is 70.9 Å². The van der Waals surface area contributed by atoms with Crippen molar-refractivity contribution in [3.8, 4) is 0 Å². The number of fused-ring (bicyclic) bond motifs is 1. The maximum absolute atomic E-state index is 12.5. The van der Waals surface area contributed by atoms with Crippen LogP contribution in [0.1, 0.15) is 16.1 Å². The van der Waals surface area contributed by atoms with E-state index >= 15 is 0 Å². The highest BCUT2D eigenvalue weighted by molar-refractivity contribution is 6.01. The molecule has 0 saturated carbocycles. The molecule has 1 N–H and O–H groups in total. The molecule has 156 valence electrons. The Morgan fingerprint density at radius 1 is 1.03 bits per heavy atom. The molecule has 0 atom stereocenters. The second kappa shape index (κ2) is 9.06. The van der Waals surface area contributed by atoms with Crippen molar-refractivity contribution in [2.45, 2.75) is 6.54 Å². The smallest absolute Gasteiger partial charge is 0.339 e. The Morgan fingerprint density at radius 2 is 1.77 bits per heavy atom. The fourth-order valence-electron chi connectivity index (χ4n) is 3.67. The van der Waals surface area contributed by atoms with E-state index in [1.807, 2.05) is 28.8 Å². The molecule has 8 heteroatoms. The largest absolute Gasteiger partial charge is 0.465 e. The third-order valence-corrected chi connectivity index (χ3v) is 5.24. The van der Waals surface area contributed by atoms with Gasteiger partial charge in [-0.15, -0.1) is 0 Å². The van der Waals surface area contributed by atoms with Crippen molar-refractivity contribution in [2.24, 2.45) is 0 Å². The first-order chi connectivity index (χ1) is 14.6. The summed E-state index contributed by atoms with van der Waals surface area (Å²) in [5.74, 6) is -0.605. The average molecular weight is 407 g/mol. The number of imidazole rings is 1. The number of carbonyl (C=O) groups is 2. The highest BCUT2D eigenvalue weighted by Crippen LogP contribution is 2.16. The first kappa shape index (κ1) is 20.1. The molecule has 8 nitrogen and oxygen atoms in total. The Balaban J connectivity index is 1.27. The van der Waals surface area contributed by atoms with Gasteiger partial charge in [0.25, 0.3) is 0 Å². The summed E-state index contributed by atoms with van der Waals surface area (Å²) in [6, 6.07) is 12.8. The van der Waals surface area contributed by atoms with E-state index in [4.69, 9.17) is 4.74 Å². The molecule has 0 unspecified atom stereocenters. The van der Waals surface area contributed by atoms with Crippen LogP contribution < -0.4 is 5.32 Å². The van der Waals surface area contributed by atoms with Crippen molar-refractivity contribution in [2.75, 3.05) is 45.2 Å². The van der Waals surface area contributed by atoms with Crippen LogP contribution in [0.2, 0.25) is 0 Å². The molecule has 1 aliphatic heterocycles. The standard InChI is InChI=1S/C22H25N5O3/c1-30-22(29)18-6-2-3-7-19(18)24-21(28)16-26-12-10-25(11-13-26)14-17-15-27-9-5-4-8-20(27)23-17/h2-9,15H,10-14,16H2,1H3,(H,24,28). The Hall–Kier alpha value is -3.23. The van der Waals surface area contributed by atoms with Gasteiger partial charge >= 0.3 is 5.97 Å². The number of nitrogens with one attached hydrogen (secondary N) is 1. The fourth-order valence-corrected chi connectivity index (χ4v) is 3.67. The summed E-state index contributed by atoms with van der Waals surface area (Å²) in [6.07, 6.45) is 4.06. The normalized spacial score (nSPS) is 15.2. The van der Waals surface area contributed by atoms with Crippen molar-refractivity contribution in [1.29, 1.82) is 0 Å². The van der Waals surface area contributed by atoms with Gasteiger partial charge in [0.2, 0.25) is 5.91 Å². The number of piperazine rings is 1. The molecule has 1 fully saturated rings. The van der Waals surface area contributed by atoms with E-state index in [0.29, 0.717) is 11.3 Å². The summed E-state index contributed by atoms with van der Waals surface area (Å²) in [5.41, 5.74) is 2.83. The number of aromatic nitrogens is 2. The molecule has 30 heavy (non-hydrogen) atoms. The Kier molecular flexibility index (Phi) is 6.06. The zero-order valence-electron chi connectivity index (χ0n) is 17.0. The number of methoxy groups -OCH3 is 1. The SMILES string of the molecule is COC(=O)c1ccccc1NC(=O)CN1CCN(Cc2cn3ccccc3n2)CC1. The third kappa shape index (κ3) is 4.67. The lowest BCUT2D eigenvalue weighted by atomic mass is 10.2. The van der Waals surface area contributed by atoms with Crippen LogP contribution in [0.4, 0.5) is 5.69 Å². The number of amides is 1. The molecular formula is C22H25N5O3. The lowest BCUT2D eigenvalue weighted by Gasteiger charge is -2.33. The minimum absolute atomic E-state index is 0.139. The van der Waals surface area contributed by atoms with Crippen LogP contribution in [0, 0.1) is 0 Å². The maximum Gasteiger partial charge on any atom is 0.339 e. The first-order valence-electron chi connectivity index (χ1n) is 9.97. The van der Waals surface area contributed by atoms with Crippen LogP contribution in [-0.2, 0) is 16.1 Å². The van der Waals surface area contributed by atoms with Gasteiger partial charge in [-0.05, 0) is 24.3 Å². The van der Waals surface area contributed by atoms with Gasteiger partial charge in [-0.2, -0.15) is 0 Å². The van der Waals surface area contributed by atoms with Crippen LogP contribution in [0.15, 0.2) is 54.9 Å². The number of esters is 1. The monoisotopic (exact) mass is 407 g/mol. The number of hydrogen-bond donors (Lipinski definition) is 1. The Bertz CT molecular complexity index is 1010.